The maximum Gasteiger partial charge on any atom is 0.308 e. The lowest BCUT2D eigenvalue weighted by atomic mass is 9.61. The predicted octanol–water partition coefficient (Wildman–Crippen LogP) is 3.80. The van der Waals surface area contributed by atoms with Crippen molar-refractivity contribution in [2.24, 2.45) is 35.5 Å². The first kappa shape index (κ1) is 25.0. The van der Waals surface area contributed by atoms with Crippen molar-refractivity contribution in [1.29, 1.82) is 0 Å². The molecule has 3 aliphatic rings. The largest absolute Gasteiger partial charge is 0.462 e. The van der Waals surface area contributed by atoms with Crippen LogP contribution in [0, 0.1) is 35.5 Å². The minimum atomic E-state index is -0.639. The van der Waals surface area contributed by atoms with Crippen molar-refractivity contribution in [3.05, 3.63) is 23.8 Å². The van der Waals surface area contributed by atoms with Crippen molar-refractivity contribution in [3.63, 3.8) is 0 Å². The van der Waals surface area contributed by atoms with Crippen molar-refractivity contribution in [3.8, 4) is 0 Å². The van der Waals surface area contributed by atoms with E-state index >= 15 is 0 Å². The summed E-state index contributed by atoms with van der Waals surface area (Å²) >= 11 is 0. The number of cyclic esters (lactones) is 1. The van der Waals surface area contributed by atoms with E-state index in [-0.39, 0.29) is 60.0 Å². The van der Waals surface area contributed by atoms with Crippen LogP contribution in [0.1, 0.15) is 66.7 Å². The number of aliphatic hydroxyl groups excluding tert-OH is 2. The number of carbonyl (C=O) groups excluding carboxylic acids is 2. The van der Waals surface area contributed by atoms with Crippen LogP contribution in [0.4, 0.5) is 0 Å². The normalized spacial score (nSPS) is 38.8. The molecule has 0 saturated carbocycles. The number of hydrogen-bond acceptors (Lipinski definition) is 6. The lowest BCUT2D eigenvalue weighted by Gasteiger charge is -2.48. The Hall–Kier alpha value is -1.66. The molecule has 2 aliphatic carbocycles. The Balaban J connectivity index is 1.86. The third-order valence-corrected chi connectivity index (χ3v) is 7.79. The SMILES string of the molecule is CCC(C)C(=O)O[C@@H]1[C@H]2C(=C[C@H](C)[C@H]1[C@H](C)O)C=C[C@H](C)[C@@H]2CC[C@@H]1C[C@@H](O)CC(=O)O1. The molecule has 1 heterocycles. The summed E-state index contributed by atoms with van der Waals surface area (Å²) < 4.78 is 11.6. The molecule has 0 aromatic carbocycles. The quantitative estimate of drug-likeness (QED) is 0.576. The zero-order valence-corrected chi connectivity index (χ0v) is 20.1. The summed E-state index contributed by atoms with van der Waals surface area (Å²) in [4.78, 5) is 24.6. The fourth-order valence-corrected chi connectivity index (χ4v) is 5.79. The lowest BCUT2D eigenvalue weighted by molar-refractivity contribution is -0.168. The van der Waals surface area contributed by atoms with Gasteiger partial charge in [0, 0.05) is 18.3 Å². The van der Waals surface area contributed by atoms with Crippen LogP contribution in [-0.2, 0) is 19.1 Å². The van der Waals surface area contributed by atoms with E-state index in [0.717, 1.165) is 6.42 Å². The molecule has 32 heavy (non-hydrogen) atoms. The van der Waals surface area contributed by atoms with Crippen molar-refractivity contribution in [2.75, 3.05) is 0 Å². The highest BCUT2D eigenvalue weighted by Gasteiger charge is 2.48. The van der Waals surface area contributed by atoms with E-state index in [1.165, 1.54) is 5.57 Å². The van der Waals surface area contributed by atoms with Crippen molar-refractivity contribution < 1.29 is 29.3 Å². The molecule has 0 amide bonds. The van der Waals surface area contributed by atoms with Crippen LogP contribution in [0.5, 0.6) is 0 Å². The molecule has 6 nitrogen and oxygen atoms in total. The Kier molecular flexibility index (Phi) is 8.21. The monoisotopic (exact) mass is 448 g/mol. The average molecular weight is 449 g/mol. The van der Waals surface area contributed by atoms with Gasteiger partial charge in [-0.3, -0.25) is 9.59 Å². The number of hydrogen-bond donors (Lipinski definition) is 2. The van der Waals surface area contributed by atoms with Gasteiger partial charge in [0.1, 0.15) is 12.2 Å². The van der Waals surface area contributed by atoms with Gasteiger partial charge >= 0.3 is 11.9 Å². The molecule has 0 aromatic heterocycles. The number of allylic oxidation sites excluding steroid dienone is 3. The van der Waals surface area contributed by atoms with Crippen LogP contribution >= 0.6 is 0 Å². The molecule has 3 rings (SSSR count). The van der Waals surface area contributed by atoms with Gasteiger partial charge in [-0.2, -0.15) is 0 Å². The Bertz CT molecular complexity index is 741. The molecular weight excluding hydrogens is 408 g/mol. The van der Waals surface area contributed by atoms with Crippen LogP contribution in [0.2, 0.25) is 0 Å². The third-order valence-electron chi connectivity index (χ3n) is 7.79. The molecular formula is C26H40O6. The van der Waals surface area contributed by atoms with Gasteiger partial charge in [0.15, 0.2) is 0 Å². The zero-order chi connectivity index (χ0) is 23.6. The summed E-state index contributed by atoms with van der Waals surface area (Å²) in [7, 11) is 0. The van der Waals surface area contributed by atoms with Crippen LogP contribution in [0.25, 0.3) is 0 Å². The summed E-state index contributed by atoms with van der Waals surface area (Å²) in [6, 6.07) is 0. The molecule has 0 aromatic rings. The molecule has 10 atom stereocenters. The number of ether oxygens (including phenoxy) is 2. The Morgan fingerprint density at radius 2 is 1.97 bits per heavy atom. The summed E-state index contributed by atoms with van der Waals surface area (Å²) in [5, 5.41) is 20.6. The minimum absolute atomic E-state index is 0.0111. The Morgan fingerprint density at radius 3 is 2.59 bits per heavy atom. The first-order valence-electron chi connectivity index (χ1n) is 12.3. The smallest absolute Gasteiger partial charge is 0.308 e. The van der Waals surface area contributed by atoms with Gasteiger partial charge in [-0.1, -0.05) is 45.9 Å². The summed E-state index contributed by atoms with van der Waals surface area (Å²) in [6.07, 6.45) is 7.34. The highest BCUT2D eigenvalue weighted by Crippen LogP contribution is 2.48. The van der Waals surface area contributed by atoms with Gasteiger partial charge in [0.25, 0.3) is 0 Å². The number of esters is 2. The highest BCUT2D eigenvalue weighted by atomic mass is 16.6. The third kappa shape index (κ3) is 5.45. The molecule has 1 fully saturated rings. The lowest BCUT2D eigenvalue weighted by Crippen LogP contribution is -2.50. The van der Waals surface area contributed by atoms with E-state index in [4.69, 9.17) is 9.47 Å². The van der Waals surface area contributed by atoms with Gasteiger partial charge in [-0.05, 0) is 49.5 Å². The molecule has 0 bridgehead atoms. The Labute approximate surface area is 192 Å². The van der Waals surface area contributed by atoms with Crippen LogP contribution < -0.4 is 0 Å². The minimum Gasteiger partial charge on any atom is -0.462 e. The molecule has 0 spiro atoms. The first-order valence-corrected chi connectivity index (χ1v) is 12.3. The van der Waals surface area contributed by atoms with E-state index in [1.807, 2.05) is 13.8 Å². The molecule has 6 heteroatoms. The second-order valence-corrected chi connectivity index (χ2v) is 10.2. The maximum atomic E-state index is 12.8. The van der Waals surface area contributed by atoms with Crippen molar-refractivity contribution >= 4 is 11.9 Å². The van der Waals surface area contributed by atoms with E-state index in [9.17, 15) is 19.8 Å². The van der Waals surface area contributed by atoms with Gasteiger partial charge in [-0.25, -0.2) is 0 Å². The topological polar surface area (TPSA) is 93.1 Å². The van der Waals surface area contributed by atoms with E-state index < -0.39 is 18.3 Å². The van der Waals surface area contributed by atoms with Crippen molar-refractivity contribution in [2.45, 2.75) is 91.1 Å². The first-order chi connectivity index (χ1) is 15.1. The standard InChI is InChI=1S/C26H40O6/c1-6-14(2)26(30)32-25-23(17(5)27)16(4)11-18-8-7-15(3)21(24(18)25)10-9-20-12-19(28)13-22(29)31-20/h7-8,11,14-17,19-21,23-25,27-28H,6,9-10,12-13H2,1-5H3/t14?,15-,16-,17-,19+,20+,21-,23-,24-,25-/m0/s1. The predicted molar refractivity (Wildman–Crippen MR) is 121 cm³/mol. The fourth-order valence-electron chi connectivity index (χ4n) is 5.79. The molecule has 1 aliphatic heterocycles. The van der Waals surface area contributed by atoms with E-state index in [1.54, 1.807) is 6.92 Å². The summed E-state index contributed by atoms with van der Waals surface area (Å²) in [5.74, 6) is -0.387. The summed E-state index contributed by atoms with van der Waals surface area (Å²) in [5.41, 5.74) is 1.17. The number of carbonyl (C=O) groups is 2. The number of rotatable bonds is 7. The van der Waals surface area contributed by atoms with E-state index in [0.29, 0.717) is 19.3 Å². The highest BCUT2D eigenvalue weighted by molar-refractivity contribution is 5.72. The molecule has 180 valence electrons. The van der Waals surface area contributed by atoms with Crippen molar-refractivity contribution in [1.82, 2.24) is 0 Å². The second-order valence-electron chi connectivity index (χ2n) is 10.2. The fraction of sp³-hybridized carbons (Fsp3) is 0.769. The average Bonchev–Trinajstić information content (AvgIpc) is 2.71. The molecule has 0 radical (unpaired) electrons. The van der Waals surface area contributed by atoms with Gasteiger partial charge in [-0.15, -0.1) is 0 Å². The van der Waals surface area contributed by atoms with Crippen LogP contribution in [0.15, 0.2) is 23.8 Å². The maximum absolute atomic E-state index is 12.8. The number of aliphatic hydroxyl groups is 2. The van der Waals surface area contributed by atoms with Gasteiger partial charge < -0.3 is 19.7 Å². The van der Waals surface area contributed by atoms with Crippen LogP contribution in [-0.4, -0.2) is 46.6 Å². The van der Waals surface area contributed by atoms with Crippen LogP contribution in [0.3, 0.4) is 0 Å². The van der Waals surface area contributed by atoms with Gasteiger partial charge in [0.2, 0.25) is 0 Å². The molecule has 1 saturated heterocycles. The van der Waals surface area contributed by atoms with Gasteiger partial charge in [0.05, 0.1) is 24.5 Å². The molecule has 2 N–H and O–H groups in total. The second kappa shape index (κ2) is 10.5. The Morgan fingerprint density at radius 1 is 1.25 bits per heavy atom. The molecule has 1 unspecified atom stereocenters. The number of fused-ring (bicyclic) bond motifs is 1. The summed E-state index contributed by atoms with van der Waals surface area (Å²) in [6.45, 7) is 9.88. The van der Waals surface area contributed by atoms with E-state index in [2.05, 4.69) is 32.1 Å². The zero-order valence-electron chi connectivity index (χ0n) is 20.1.